The van der Waals surface area contributed by atoms with Gasteiger partial charge in [0, 0.05) is 37.6 Å². The normalized spacial score (nSPS) is 16.9. The van der Waals surface area contributed by atoms with Crippen molar-refractivity contribution in [3.05, 3.63) is 77.5 Å². The van der Waals surface area contributed by atoms with E-state index in [-0.39, 0.29) is 31.3 Å². The van der Waals surface area contributed by atoms with Gasteiger partial charge in [0.05, 0.1) is 17.0 Å². The molecule has 1 saturated heterocycles. The number of nitrogens with zero attached hydrogens (tertiary/aromatic N) is 2. The standard InChI is InChI=1S/C24H22F3N3O2/c25-24(26,27)20-5-1-3-17(12-20)14-30-15-19(7-9-22(30)31)23(32)29-13-16-6-8-21-18(11-16)4-2-10-28-21/h1-6,8,10-12,19H,7,9,13-15H2,(H,29,32)/t19-/m1/s1. The molecule has 2 heterocycles. The number of halogens is 3. The highest BCUT2D eigenvalue weighted by Crippen LogP contribution is 2.30. The Morgan fingerprint density at radius 2 is 1.94 bits per heavy atom. The molecule has 3 aromatic rings. The second kappa shape index (κ2) is 8.98. The first kappa shape index (κ1) is 21.8. The number of carbonyl (C=O) groups excluding carboxylic acids is 2. The number of piperidine rings is 1. The van der Waals surface area contributed by atoms with Crippen LogP contribution in [-0.4, -0.2) is 28.2 Å². The number of carbonyl (C=O) groups is 2. The highest BCUT2D eigenvalue weighted by Gasteiger charge is 2.32. The zero-order valence-electron chi connectivity index (χ0n) is 17.2. The van der Waals surface area contributed by atoms with Gasteiger partial charge in [0.25, 0.3) is 0 Å². The maximum Gasteiger partial charge on any atom is 0.416 e. The summed E-state index contributed by atoms with van der Waals surface area (Å²) in [4.78, 5) is 30.8. The predicted molar refractivity (Wildman–Crippen MR) is 113 cm³/mol. The summed E-state index contributed by atoms with van der Waals surface area (Å²) >= 11 is 0. The van der Waals surface area contributed by atoms with Crippen LogP contribution in [0, 0.1) is 5.92 Å². The van der Waals surface area contributed by atoms with E-state index < -0.39 is 17.7 Å². The topological polar surface area (TPSA) is 62.3 Å². The Morgan fingerprint density at radius 3 is 2.75 bits per heavy atom. The lowest BCUT2D eigenvalue weighted by Gasteiger charge is -2.32. The van der Waals surface area contributed by atoms with Gasteiger partial charge in [-0.05, 0) is 47.9 Å². The van der Waals surface area contributed by atoms with Crippen molar-refractivity contribution in [2.24, 2.45) is 5.92 Å². The number of alkyl halides is 3. The Balaban J connectivity index is 1.38. The first-order valence-electron chi connectivity index (χ1n) is 10.3. The quantitative estimate of drug-likeness (QED) is 0.642. The van der Waals surface area contributed by atoms with Gasteiger partial charge < -0.3 is 10.2 Å². The molecule has 4 rings (SSSR count). The monoisotopic (exact) mass is 441 g/mol. The highest BCUT2D eigenvalue weighted by molar-refractivity contribution is 5.84. The van der Waals surface area contributed by atoms with E-state index in [1.807, 2.05) is 30.3 Å². The average molecular weight is 441 g/mol. The Bertz CT molecular complexity index is 1150. The molecule has 0 saturated carbocycles. The number of nitrogens with one attached hydrogen (secondary N) is 1. The molecule has 1 aliphatic rings. The predicted octanol–water partition coefficient (Wildman–Crippen LogP) is 4.31. The number of pyridine rings is 1. The van der Waals surface area contributed by atoms with Crippen LogP contribution < -0.4 is 5.32 Å². The van der Waals surface area contributed by atoms with Crippen molar-refractivity contribution in [1.29, 1.82) is 0 Å². The summed E-state index contributed by atoms with van der Waals surface area (Å²) in [5, 5.41) is 3.90. The van der Waals surface area contributed by atoms with Gasteiger partial charge in [-0.2, -0.15) is 13.2 Å². The van der Waals surface area contributed by atoms with E-state index in [1.54, 1.807) is 12.3 Å². The fourth-order valence-electron chi connectivity index (χ4n) is 3.92. The molecule has 1 atom stereocenters. The zero-order valence-corrected chi connectivity index (χ0v) is 17.2. The third kappa shape index (κ3) is 5.07. The van der Waals surface area contributed by atoms with Gasteiger partial charge in [0.2, 0.25) is 11.8 Å². The number of hydrogen-bond donors (Lipinski definition) is 1. The summed E-state index contributed by atoms with van der Waals surface area (Å²) < 4.78 is 38.9. The largest absolute Gasteiger partial charge is 0.416 e. The molecule has 1 aliphatic heterocycles. The van der Waals surface area contributed by atoms with Gasteiger partial charge in [-0.25, -0.2) is 0 Å². The number of hydrogen-bond acceptors (Lipinski definition) is 3. The van der Waals surface area contributed by atoms with Crippen molar-refractivity contribution >= 4 is 22.7 Å². The van der Waals surface area contributed by atoms with Crippen LogP contribution in [0.2, 0.25) is 0 Å². The van der Waals surface area contributed by atoms with E-state index in [9.17, 15) is 22.8 Å². The van der Waals surface area contributed by atoms with Gasteiger partial charge in [0.1, 0.15) is 0 Å². The van der Waals surface area contributed by atoms with Crippen molar-refractivity contribution < 1.29 is 22.8 Å². The Kier molecular flexibility index (Phi) is 6.12. The fourth-order valence-corrected chi connectivity index (χ4v) is 3.92. The molecule has 8 heteroatoms. The lowest BCUT2D eigenvalue weighted by molar-refractivity contribution is -0.139. The maximum absolute atomic E-state index is 13.0. The minimum Gasteiger partial charge on any atom is -0.352 e. The second-order valence-corrected chi connectivity index (χ2v) is 7.96. The molecule has 0 radical (unpaired) electrons. The fraction of sp³-hybridized carbons (Fsp3) is 0.292. The molecule has 166 valence electrons. The van der Waals surface area contributed by atoms with Crippen molar-refractivity contribution in [2.45, 2.75) is 32.1 Å². The molecule has 0 bridgehead atoms. The number of fused-ring (bicyclic) bond motifs is 1. The minimum atomic E-state index is -4.44. The van der Waals surface area contributed by atoms with Crippen molar-refractivity contribution in [1.82, 2.24) is 15.2 Å². The van der Waals surface area contributed by atoms with Crippen LogP contribution in [0.4, 0.5) is 13.2 Å². The summed E-state index contributed by atoms with van der Waals surface area (Å²) in [6, 6.07) is 14.5. The summed E-state index contributed by atoms with van der Waals surface area (Å²) in [6.07, 6.45) is -2.10. The van der Waals surface area contributed by atoms with Crippen LogP contribution in [0.1, 0.15) is 29.5 Å². The summed E-state index contributed by atoms with van der Waals surface area (Å²) in [5.74, 6) is -0.730. The molecule has 1 fully saturated rings. The number of likely N-dealkylation sites (tertiary alicyclic amines) is 1. The number of rotatable bonds is 5. The third-order valence-electron chi connectivity index (χ3n) is 5.63. The SMILES string of the molecule is O=C(NCc1ccc2ncccc2c1)[C@@H]1CCC(=O)N(Cc2cccc(C(F)(F)F)c2)C1. The van der Waals surface area contributed by atoms with Gasteiger partial charge >= 0.3 is 6.18 Å². The Hall–Kier alpha value is -3.42. The van der Waals surface area contributed by atoms with Gasteiger partial charge in [0.15, 0.2) is 0 Å². The lowest BCUT2D eigenvalue weighted by Crippen LogP contribution is -2.45. The summed E-state index contributed by atoms with van der Waals surface area (Å²) in [5.41, 5.74) is 1.45. The van der Waals surface area contributed by atoms with Crippen molar-refractivity contribution in [3.63, 3.8) is 0 Å². The van der Waals surface area contributed by atoms with Crippen LogP contribution in [0.3, 0.4) is 0 Å². The summed E-state index contributed by atoms with van der Waals surface area (Å²) in [7, 11) is 0. The number of aromatic nitrogens is 1. The maximum atomic E-state index is 13.0. The lowest BCUT2D eigenvalue weighted by atomic mass is 9.95. The van der Waals surface area contributed by atoms with Gasteiger partial charge in [-0.15, -0.1) is 0 Å². The molecule has 0 aliphatic carbocycles. The van der Waals surface area contributed by atoms with E-state index in [0.717, 1.165) is 28.6 Å². The molecule has 2 aromatic carbocycles. The molecule has 32 heavy (non-hydrogen) atoms. The van der Waals surface area contributed by atoms with E-state index >= 15 is 0 Å². The van der Waals surface area contributed by atoms with E-state index in [1.165, 1.54) is 11.0 Å². The Labute approximate surface area is 183 Å². The van der Waals surface area contributed by atoms with Gasteiger partial charge in [-0.1, -0.05) is 24.3 Å². The first-order valence-corrected chi connectivity index (χ1v) is 10.3. The Morgan fingerprint density at radius 1 is 1.09 bits per heavy atom. The smallest absolute Gasteiger partial charge is 0.352 e. The molecule has 5 nitrogen and oxygen atoms in total. The van der Waals surface area contributed by atoms with E-state index in [2.05, 4.69) is 10.3 Å². The van der Waals surface area contributed by atoms with E-state index in [0.29, 0.717) is 18.5 Å². The van der Waals surface area contributed by atoms with Crippen LogP contribution in [-0.2, 0) is 28.9 Å². The van der Waals surface area contributed by atoms with Gasteiger partial charge in [-0.3, -0.25) is 14.6 Å². The van der Waals surface area contributed by atoms with Crippen LogP contribution >= 0.6 is 0 Å². The average Bonchev–Trinajstić information content (AvgIpc) is 2.78. The highest BCUT2D eigenvalue weighted by atomic mass is 19.4. The summed E-state index contributed by atoms with van der Waals surface area (Å²) in [6.45, 7) is 0.578. The zero-order chi connectivity index (χ0) is 22.7. The molecular weight excluding hydrogens is 419 g/mol. The minimum absolute atomic E-state index is 0.0458. The first-order chi connectivity index (χ1) is 15.3. The molecule has 1 aromatic heterocycles. The number of amides is 2. The molecule has 1 N–H and O–H groups in total. The third-order valence-corrected chi connectivity index (χ3v) is 5.63. The molecule has 0 spiro atoms. The van der Waals surface area contributed by atoms with Crippen molar-refractivity contribution in [3.8, 4) is 0 Å². The van der Waals surface area contributed by atoms with E-state index in [4.69, 9.17) is 0 Å². The van der Waals surface area contributed by atoms with Crippen molar-refractivity contribution in [2.75, 3.05) is 6.54 Å². The van der Waals surface area contributed by atoms with Crippen LogP contribution in [0.25, 0.3) is 10.9 Å². The molecular formula is C24H22F3N3O2. The van der Waals surface area contributed by atoms with Crippen LogP contribution in [0.5, 0.6) is 0 Å². The van der Waals surface area contributed by atoms with Crippen LogP contribution in [0.15, 0.2) is 60.8 Å². The number of benzene rings is 2. The molecule has 2 amide bonds. The second-order valence-electron chi connectivity index (χ2n) is 7.96. The molecule has 0 unspecified atom stereocenters.